The average molecular weight is 252 g/mol. The number of hydrogen-bond acceptors (Lipinski definition) is 3. The lowest BCUT2D eigenvalue weighted by Gasteiger charge is -2.35. The number of thiazole rings is 1. The van der Waals surface area contributed by atoms with E-state index in [0.29, 0.717) is 0 Å². The van der Waals surface area contributed by atoms with Crippen LogP contribution in [0.1, 0.15) is 44.5 Å². The Labute approximate surface area is 109 Å². The van der Waals surface area contributed by atoms with Crippen molar-refractivity contribution >= 4 is 11.3 Å². The monoisotopic (exact) mass is 252 g/mol. The van der Waals surface area contributed by atoms with Gasteiger partial charge in [-0.1, -0.05) is 26.7 Å². The Balaban J connectivity index is 1.76. The van der Waals surface area contributed by atoms with Crippen molar-refractivity contribution in [2.24, 2.45) is 11.8 Å². The van der Waals surface area contributed by atoms with Crippen LogP contribution in [0.4, 0.5) is 0 Å². The summed E-state index contributed by atoms with van der Waals surface area (Å²) in [5.74, 6) is 1.69. The van der Waals surface area contributed by atoms with Crippen LogP contribution in [0.2, 0.25) is 0 Å². The molecule has 96 valence electrons. The number of nitrogens with one attached hydrogen (secondary N) is 1. The third-order valence-corrected chi connectivity index (χ3v) is 4.74. The summed E-state index contributed by atoms with van der Waals surface area (Å²) in [6.45, 7) is 5.82. The van der Waals surface area contributed by atoms with Crippen LogP contribution in [-0.2, 0) is 6.42 Å². The molecule has 1 aliphatic rings. The van der Waals surface area contributed by atoms with E-state index in [1.807, 2.05) is 6.20 Å². The molecule has 17 heavy (non-hydrogen) atoms. The molecule has 0 radical (unpaired) electrons. The summed E-state index contributed by atoms with van der Waals surface area (Å²) >= 11 is 1.77. The van der Waals surface area contributed by atoms with E-state index in [1.54, 1.807) is 11.3 Å². The molecule has 0 bridgehead atoms. The van der Waals surface area contributed by atoms with Crippen molar-refractivity contribution < 1.29 is 0 Å². The molecular weight excluding hydrogens is 228 g/mol. The lowest BCUT2D eigenvalue weighted by atomic mass is 9.78. The molecule has 1 aromatic rings. The van der Waals surface area contributed by atoms with E-state index >= 15 is 0 Å². The second kappa shape index (κ2) is 6.50. The zero-order chi connectivity index (χ0) is 12.1. The van der Waals surface area contributed by atoms with E-state index in [2.05, 4.69) is 29.5 Å². The van der Waals surface area contributed by atoms with Gasteiger partial charge in [-0.15, -0.1) is 11.3 Å². The zero-order valence-corrected chi connectivity index (χ0v) is 11.8. The van der Waals surface area contributed by atoms with Crippen LogP contribution in [0.25, 0.3) is 0 Å². The number of hydrogen-bond donors (Lipinski definition) is 1. The van der Waals surface area contributed by atoms with E-state index in [0.717, 1.165) is 30.8 Å². The quantitative estimate of drug-likeness (QED) is 0.867. The maximum Gasteiger partial charge on any atom is 0.0937 e. The molecule has 1 heterocycles. The highest BCUT2D eigenvalue weighted by molar-refractivity contribution is 7.09. The van der Waals surface area contributed by atoms with Crippen LogP contribution in [0.15, 0.2) is 11.6 Å². The zero-order valence-electron chi connectivity index (χ0n) is 11.0. The smallest absolute Gasteiger partial charge is 0.0937 e. The van der Waals surface area contributed by atoms with Crippen molar-refractivity contribution in [1.29, 1.82) is 0 Å². The summed E-state index contributed by atoms with van der Waals surface area (Å²) in [6, 6.07) is 0.740. The summed E-state index contributed by atoms with van der Waals surface area (Å²) in [6.07, 6.45) is 8.58. The predicted molar refractivity (Wildman–Crippen MR) is 74.4 cm³/mol. The first-order valence-corrected chi connectivity index (χ1v) is 7.77. The van der Waals surface area contributed by atoms with Gasteiger partial charge in [-0.05, 0) is 24.7 Å². The molecule has 2 unspecified atom stereocenters. The standard InChI is InChI=1S/C14H24N2S/c1-11(2)12-5-3-4-6-13(12)15-8-7-14-16-9-10-17-14/h9-13,15H,3-8H2,1-2H3. The summed E-state index contributed by atoms with van der Waals surface area (Å²) in [5, 5.41) is 7.08. The largest absolute Gasteiger partial charge is 0.313 e. The first kappa shape index (κ1) is 13.0. The average Bonchev–Trinajstić information content (AvgIpc) is 2.82. The molecule has 1 aliphatic carbocycles. The molecule has 0 aromatic carbocycles. The number of nitrogens with zero attached hydrogens (tertiary/aromatic N) is 1. The molecule has 0 saturated heterocycles. The van der Waals surface area contributed by atoms with Crippen LogP contribution in [0.5, 0.6) is 0 Å². The summed E-state index contributed by atoms with van der Waals surface area (Å²) in [5.41, 5.74) is 0. The molecule has 0 aliphatic heterocycles. The summed E-state index contributed by atoms with van der Waals surface area (Å²) < 4.78 is 0. The van der Waals surface area contributed by atoms with Crippen LogP contribution >= 0.6 is 11.3 Å². The minimum absolute atomic E-state index is 0.740. The SMILES string of the molecule is CC(C)C1CCCCC1NCCc1nccs1. The van der Waals surface area contributed by atoms with Gasteiger partial charge >= 0.3 is 0 Å². The lowest BCUT2D eigenvalue weighted by Crippen LogP contribution is -2.41. The molecule has 1 aromatic heterocycles. The maximum absolute atomic E-state index is 4.33. The van der Waals surface area contributed by atoms with Crippen molar-refractivity contribution in [2.45, 2.75) is 52.0 Å². The van der Waals surface area contributed by atoms with Gasteiger partial charge in [0.05, 0.1) is 5.01 Å². The molecule has 1 fully saturated rings. The van der Waals surface area contributed by atoms with Gasteiger partial charge < -0.3 is 5.32 Å². The Morgan fingerprint density at radius 1 is 1.41 bits per heavy atom. The van der Waals surface area contributed by atoms with Gasteiger partial charge in [-0.25, -0.2) is 4.98 Å². The molecular formula is C14H24N2S. The Bertz CT molecular complexity index is 308. The summed E-state index contributed by atoms with van der Waals surface area (Å²) in [4.78, 5) is 4.33. The molecule has 0 spiro atoms. The maximum atomic E-state index is 4.33. The van der Waals surface area contributed by atoms with E-state index in [9.17, 15) is 0 Å². The van der Waals surface area contributed by atoms with Gasteiger partial charge in [0.2, 0.25) is 0 Å². The topological polar surface area (TPSA) is 24.9 Å². The van der Waals surface area contributed by atoms with Gasteiger partial charge in [0.1, 0.15) is 0 Å². The van der Waals surface area contributed by atoms with Crippen molar-refractivity contribution in [3.63, 3.8) is 0 Å². The normalized spacial score (nSPS) is 25.4. The molecule has 2 atom stereocenters. The van der Waals surface area contributed by atoms with E-state index in [-0.39, 0.29) is 0 Å². The van der Waals surface area contributed by atoms with E-state index in [4.69, 9.17) is 0 Å². The van der Waals surface area contributed by atoms with Crippen molar-refractivity contribution in [3.8, 4) is 0 Å². The Morgan fingerprint density at radius 3 is 2.94 bits per heavy atom. The molecule has 1 saturated carbocycles. The van der Waals surface area contributed by atoms with Crippen LogP contribution in [0.3, 0.4) is 0 Å². The molecule has 2 nitrogen and oxygen atoms in total. The first-order valence-electron chi connectivity index (χ1n) is 6.89. The van der Waals surface area contributed by atoms with Gasteiger partial charge in [-0.3, -0.25) is 0 Å². The van der Waals surface area contributed by atoms with Crippen molar-refractivity contribution in [3.05, 3.63) is 16.6 Å². The Hall–Kier alpha value is -0.410. The van der Waals surface area contributed by atoms with Gasteiger partial charge in [-0.2, -0.15) is 0 Å². The van der Waals surface area contributed by atoms with Crippen LogP contribution in [-0.4, -0.2) is 17.6 Å². The highest BCUT2D eigenvalue weighted by atomic mass is 32.1. The van der Waals surface area contributed by atoms with Gasteiger partial charge in [0.25, 0.3) is 0 Å². The third kappa shape index (κ3) is 3.78. The molecule has 0 amide bonds. The summed E-state index contributed by atoms with van der Waals surface area (Å²) in [7, 11) is 0. The van der Waals surface area contributed by atoms with Crippen LogP contribution < -0.4 is 5.32 Å². The molecule has 3 heteroatoms. The lowest BCUT2D eigenvalue weighted by molar-refractivity contribution is 0.207. The fraction of sp³-hybridized carbons (Fsp3) is 0.786. The van der Waals surface area contributed by atoms with E-state index < -0.39 is 0 Å². The first-order chi connectivity index (χ1) is 8.27. The highest BCUT2D eigenvalue weighted by Gasteiger charge is 2.26. The minimum Gasteiger partial charge on any atom is -0.313 e. The van der Waals surface area contributed by atoms with Crippen molar-refractivity contribution in [1.82, 2.24) is 10.3 Å². The minimum atomic E-state index is 0.740. The second-order valence-corrected chi connectivity index (χ2v) is 6.41. The Morgan fingerprint density at radius 2 is 2.24 bits per heavy atom. The predicted octanol–water partition coefficient (Wildman–Crippen LogP) is 3.49. The van der Waals surface area contributed by atoms with Crippen molar-refractivity contribution in [2.75, 3.05) is 6.54 Å². The number of rotatable bonds is 5. The second-order valence-electron chi connectivity index (χ2n) is 5.43. The molecule has 1 N–H and O–H groups in total. The molecule has 2 rings (SSSR count). The number of aromatic nitrogens is 1. The van der Waals surface area contributed by atoms with Crippen LogP contribution in [0, 0.1) is 11.8 Å². The fourth-order valence-electron chi connectivity index (χ4n) is 2.95. The highest BCUT2D eigenvalue weighted by Crippen LogP contribution is 2.30. The van der Waals surface area contributed by atoms with E-state index in [1.165, 1.54) is 30.7 Å². The van der Waals surface area contributed by atoms with Gasteiger partial charge in [0.15, 0.2) is 0 Å². The fourth-order valence-corrected chi connectivity index (χ4v) is 3.57. The Kier molecular flexibility index (Phi) is 4.99. The van der Waals surface area contributed by atoms with Gasteiger partial charge in [0, 0.05) is 30.6 Å². The third-order valence-electron chi connectivity index (χ3n) is 3.90.